The maximum absolute atomic E-state index is 8.91. The lowest BCUT2D eigenvalue weighted by Gasteiger charge is -2.16. The first-order chi connectivity index (χ1) is 8.28. The fourth-order valence-corrected chi connectivity index (χ4v) is 1.20. The first-order valence-electron chi connectivity index (χ1n) is 5.88. The first kappa shape index (κ1) is 16.8. The summed E-state index contributed by atoms with van der Waals surface area (Å²) in [5.41, 5.74) is 0. The zero-order chi connectivity index (χ0) is 12.9. The number of rotatable bonds is 12. The SMILES string of the molecule is CCOC(CO)COCOCC(CO)OCC. The maximum atomic E-state index is 8.91. The topological polar surface area (TPSA) is 77.4 Å². The van der Waals surface area contributed by atoms with Gasteiger partial charge in [-0.15, -0.1) is 0 Å². The molecule has 2 N–H and O–H groups in total. The third kappa shape index (κ3) is 9.46. The van der Waals surface area contributed by atoms with Crippen LogP contribution in [0.2, 0.25) is 0 Å². The van der Waals surface area contributed by atoms with Gasteiger partial charge in [0.2, 0.25) is 0 Å². The van der Waals surface area contributed by atoms with Crippen molar-refractivity contribution >= 4 is 0 Å². The molecule has 0 saturated heterocycles. The fourth-order valence-electron chi connectivity index (χ4n) is 1.20. The molecule has 0 spiro atoms. The van der Waals surface area contributed by atoms with Gasteiger partial charge >= 0.3 is 0 Å². The summed E-state index contributed by atoms with van der Waals surface area (Å²) in [6.07, 6.45) is -0.631. The Bertz CT molecular complexity index is 139. The smallest absolute Gasteiger partial charge is 0.146 e. The van der Waals surface area contributed by atoms with Crippen LogP contribution in [-0.2, 0) is 18.9 Å². The standard InChI is InChI=1S/C11H24O6/c1-3-16-10(5-12)7-14-9-15-8-11(6-13)17-4-2/h10-13H,3-9H2,1-2H3. The molecule has 0 saturated carbocycles. The lowest BCUT2D eigenvalue weighted by atomic mass is 10.4. The van der Waals surface area contributed by atoms with E-state index in [-0.39, 0.29) is 45.4 Å². The second-order valence-electron chi connectivity index (χ2n) is 3.38. The summed E-state index contributed by atoms with van der Waals surface area (Å²) in [6, 6.07) is 0. The highest BCUT2D eigenvalue weighted by Gasteiger charge is 2.08. The molecule has 2 unspecified atom stereocenters. The molecule has 0 heterocycles. The van der Waals surface area contributed by atoms with E-state index in [0.717, 1.165) is 0 Å². The van der Waals surface area contributed by atoms with Crippen molar-refractivity contribution in [3.05, 3.63) is 0 Å². The molecule has 2 atom stereocenters. The highest BCUT2D eigenvalue weighted by Crippen LogP contribution is 1.95. The molecule has 104 valence electrons. The molecule has 0 fully saturated rings. The number of aliphatic hydroxyl groups is 2. The Hall–Kier alpha value is -0.240. The average molecular weight is 252 g/mol. The Labute approximate surface area is 102 Å². The van der Waals surface area contributed by atoms with Gasteiger partial charge in [0.1, 0.15) is 19.0 Å². The summed E-state index contributed by atoms with van der Waals surface area (Å²) in [7, 11) is 0. The van der Waals surface area contributed by atoms with Crippen LogP contribution >= 0.6 is 0 Å². The summed E-state index contributed by atoms with van der Waals surface area (Å²) < 4.78 is 20.7. The molecule has 17 heavy (non-hydrogen) atoms. The quantitative estimate of drug-likeness (QED) is 0.369. The van der Waals surface area contributed by atoms with E-state index in [9.17, 15) is 0 Å². The molecule has 0 aliphatic heterocycles. The number of aliphatic hydroxyl groups excluding tert-OH is 2. The van der Waals surface area contributed by atoms with Crippen LogP contribution in [0.15, 0.2) is 0 Å². The highest BCUT2D eigenvalue weighted by molar-refractivity contribution is 4.53. The molecule has 0 bridgehead atoms. The van der Waals surface area contributed by atoms with Gasteiger partial charge in [-0.3, -0.25) is 0 Å². The van der Waals surface area contributed by atoms with E-state index < -0.39 is 0 Å². The minimum atomic E-state index is -0.316. The van der Waals surface area contributed by atoms with Gasteiger partial charge in [-0.1, -0.05) is 0 Å². The molecule has 0 amide bonds. The molecule has 0 rings (SSSR count). The third-order valence-corrected chi connectivity index (χ3v) is 1.99. The van der Waals surface area contributed by atoms with Gasteiger partial charge in [0.25, 0.3) is 0 Å². The Morgan fingerprint density at radius 1 is 0.824 bits per heavy atom. The van der Waals surface area contributed by atoms with Crippen LogP contribution in [0.4, 0.5) is 0 Å². The molecular weight excluding hydrogens is 228 g/mol. The molecule has 0 aliphatic rings. The Morgan fingerprint density at radius 2 is 1.24 bits per heavy atom. The summed E-state index contributed by atoms with van der Waals surface area (Å²) >= 11 is 0. The minimum absolute atomic E-state index is 0.0773. The van der Waals surface area contributed by atoms with Crippen molar-refractivity contribution in [1.29, 1.82) is 0 Å². The molecule has 6 nitrogen and oxygen atoms in total. The average Bonchev–Trinajstić information content (AvgIpc) is 2.35. The van der Waals surface area contributed by atoms with Gasteiger partial charge in [0.15, 0.2) is 0 Å². The summed E-state index contributed by atoms with van der Waals surface area (Å²) in [5, 5.41) is 17.8. The van der Waals surface area contributed by atoms with Crippen molar-refractivity contribution in [2.24, 2.45) is 0 Å². The van der Waals surface area contributed by atoms with Crippen molar-refractivity contribution in [1.82, 2.24) is 0 Å². The Morgan fingerprint density at radius 3 is 1.53 bits per heavy atom. The zero-order valence-electron chi connectivity index (χ0n) is 10.6. The number of hydrogen-bond donors (Lipinski definition) is 2. The van der Waals surface area contributed by atoms with E-state index in [1.165, 1.54) is 0 Å². The third-order valence-electron chi connectivity index (χ3n) is 1.99. The summed E-state index contributed by atoms with van der Waals surface area (Å²) in [6.45, 7) is 5.27. The molecule has 0 aromatic heterocycles. The van der Waals surface area contributed by atoms with Crippen molar-refractivity contribution < 1.29 is 29.2 Å². The highest BCUT2D eigenvalue weighted by atomic mass is 16.7. The van der Waals surface area contributed by atoms with Gasteiger partial charge < -0.3 is 29.2 Å². The number of hydrogen-bond acceptors (Lipinski definition) is 6. The van der Waals surface area contributed by atoms with Crippen molar-refractivity contribution in [3.63, 3.8) is 0 Å². The summed E-state index contributed by atoms with van der Waals surface area (Å²) in [4.78, 5) is 0. The van der Waals surface area contributed by atoms with Crippen LogP contribution in [0, 0.1) is 0 Å². The predicted octanol–water partition coefficient (Wildman–Crippen LogP) is -0.228. The maximum Gasteiger partial charge on any atom is 0.146 e. The number of ether oxygens (including phenoxy) is 4. The molecule has 0 radical (unpaired) electrons. The lowest BCUT2D eigenvalue weighted by molar-refractivity contribution is -0.124. The van der Waals surface area contributed by atoms with E-state index >= 15 is 0 Å². The van der Waals surface area contributed by atoms with Gasteiger partial charge in [-0.2, -0.15) is 0 Å². The zero-order valence-corrected chi connectivity index (χ0v) is 10.6. The fraction of sp³-hybridized carbons (Fsp3) is 1.00. The van der Waals surface area contributed by atoms with Crippen molar-refractivity contribution in [2.75, 3.05) is 46.4 Å². The lowest BCUT2D eigenvalue weighted by Crippen LogP contribution is -2.27. The minimum Gasteiger partial charge on any atom is -0.394 e. The van der Waals surface area contributed by atoms with E-state index in [1.54, 1.807) is 0 Å². The molecular formula is C11H24O6. The van der Waals surface area contributed by atoms with Crippen LogP contribution < -0.4 is 0 Å². The Kier molecular flexibility index (Phi) is 12.1. The monoisotopic (exact) mass is 252 g/mol. The normalized spacial score (nSPS) is 14.8. The molecule has 0 aromatic rings. The molecule has 0 aromatic carbocycles. The van der Waals surface area contributed by atoms with Gasteiger partial charge in [0.05, 0.1) is 26.4 Å². The van der Waals surface area contributed by atoms with Crippen molar-refractivity contribution in [2.45, 2.75) is 26.1 Å². The second-order valence-corrected chi connectivity index (χ2v) is 3.38. The van der Waals surface area contributed by atoms with Crippen LogP contribution in [0.5, 0.6) is 0 Å². The second kappa shape index (κ2) is 12.2. The molecule has 0 aliphatic carbocycles. The van der Waals surface area contributed by atoms with Crippen LogP contribution in [0.1, 0.15) is 13.8 Å². The predicted molar refractivity (Wildman–Crippen MR) is 61.8 cm³/mol. The first-order valence-corrected chi connectivity index (χ1v) is 5.88. The van der Waals surface area contributed by atoms with Crippen LogP contribution in [-0.4, -0.2) is 68.9 Å². The van der Waals surface area contributed by atoms with Gasteiger partial charge in [-0.25, -0.2) is 0 Å². The van der Waals surface area contributed by atoms with Crippen LogP contribution in [0.25, 0.3) is 0 Å². The van der Waals surface area contributed by atoms with E-state index in [2.05, 4.69) is 0 Å². The van der Waals surface area contributed by atoms with Crippen molar-refractivity contribution in [3.8, 4) is 0 Å². The van der Waals surface area contributed by atoms with Gasteiger partial charge in [0, 0.05) is 13.2 Å². The van der Waals surface area contributed by atoms with Crippen LogP contribution in [0.3, 0.4) is 0 Å². The summed E-state index contributed by atoms with van der Waals surface area (Å²) in [5.74, 6) is 0. The largest absolute Gasteiger partial charge is 0.394 e. The molecule has 6 heteroatoms. The van der Waals surface area contributed by atoms with E-state index in [1.807, 2.05) is 13.8 Å². The van der Waals surface area contributed by atoms with E-state index in [4.69, 9.17) is 29.2 Å². The van der Waals surface area contributed by atoms with Gasteiger partial charge in [-0.05, 0) is 13.8 Å². The van der Waals surface area contributed by atoms with E-state index in [0.29, 0.717) is 13.2 Å². The Balaban J connectivity index is 3.43.